The van der Waals surface area contributed by atoms with E-state index >= 15 is 0 Å². The van der Waals surface area contributed by atoms with Crippen LogP contribution in [0.4, 0.5) is 0 Å². The van der Waals surface area contributed by atoms with Gasteiger partial charge in [0.15, 0.2) is 11.5 Å². The third-order valence-corrected chi connectivity index (χ3v) is 5.10. The molecule has 1 fully saturated rings. The molecule has 1 aromatic carbocycles. The molecule has 3 nitrogen and oxygen atoms in total. The van der Waals surface area contributed by atoms with Crippen LogP contribution >= 0.6 is 15.9 Å². The molecule has 0 saturated heterocycles. The number of hydrogen-bond acceptors (Lipinski definition) is 3. The van der Waals surface area contributed by atoms with Crippen molar-refractivity contribution in [2.24, 2.45) is 5.73 Å². The van der Waals surface area contributed by atoms with Crippen molar-refractivity contribution in [2.75, 3.05) is 14.2 Å². The first-order valence-corrected chi connectivity index (χ1v) is 8.47. The summed E-state index contributed by atoms with van der Waals surface area (Å²) < 4.78 is 12.2. The Hall–Kier alpha value is -0.740. The molecule has 1 aromatic rings. The smallest absolute Gasteiger partial charge is 0.164 e. The first-order chi connectivity index (χ1) is 9.94. The number of methoxy groups -OCH3 is 2. The summed E-state index contributed by atoms with van der Waals surface area (Å²) in [6, 6.07) is 1.99. The molecule has 0 heterocycles. The highest BCUT2D eigenvalue weighted by atomic mass is 79.9. The van der Waals surface area contributed by atoms with Crippen LogP contribution in [0.5, 0.6) is 11.5 Å². The van der Waals surface area contributed by atoms with Crippen LogP contribution in [0.1, 0.15) is 63.0 Å². The Kier molecular flexibility index (Phi) is 5.20. The second-order valence-corrected chi connectivity index (χ2v) is 7.11. The molecule has 21 heavy (non-hydrogen) atoms. The largest absolute Gasteiger partial charge is 0.493 e. The van der Waals surface area contributed by atoms with Gasteiger partial charge in [-0.05, 0) is 30.4 Å². The van der Waals surface area contributed by atoms with E-state index in [2.05, 4.69) is 29.8 Å². The zero-order chi connectivity index (χ0) is 15.6. The minimum Gasteiger partial charge on any atom is -0.493 e. The fourth-order valence-electron chi connectivity index (χ4n) is 3.48. The van der Waals surface area contributed by atoms with Gasteiger partial charge >= 0.3 is 0 Å². The molecule has 0 atom stereocenters. The first-order valence-electron chi connectivity index (χ1n) is 7.68. The van der Waals surface area contributed by atoms with Crippen molar-refractivity contribution in [3.8, 4) is 11.5 Å². The molecule has 0 bridgehead atoms. The summed E-state index contributed by atoms with van der Waals surface area (Å²) in [6.07, 6.45) is 5.71. The predicted octanol–water partition coefficient (Wildman–Crippen LogP) is 4.71. The summed E-state index contributed by atoms with van der Waals surface area (Å²) in [5, 5.41) is 0. The molecule has 1 saturated carbocycles. The van der Waals surface area contributed by atoms with Gasteiger partial charge in [-0.1, -0.05) is 49.0 Å². The molecule has 0 spiro atoms. The van der Waals surface area contributed by atoms with Crippen LogP contribution in [-0.4, -0.2) is 14.2 Å². The molecule has 2 N–H and O–H groups in total. The summed E-state index contributed by atoms with van der Waals surface area (Å²) >= 11 is 3.73. The van der Waals surface area contributed by atoms with Crippen molar-refractivity contribution in [3.05, 3.63) is 21.7 Å². The Balaban J connectivity index is 2.69. The average Bonchev–Trinajstić information content (AvgIpc) is 2.46. The fraction of sp³-hybridized carbons (Fsp3) is 0.647. The van der Waals surface area contributed by atoms with Crippen molar-refractivity contribution < 1.29 is 9.47 Å². The number of rotatable bonds is 4. The van der Waals surface area contributed by atoms with Crippen LogP contribution in [0.25, 0.3) is 0 Å². The average molecular weight is 356 g/mol. The van der Waals surface area contributed by atoms with Crippen LogP contribution in [0.3, 0.4) is 0 Å². The Labute approximate surface area is 136 Å². The molecule has 0 amide bonds. The Bertz CT molecular complexity index is 508. The van der Waals surface area contributed by atoms with Gasteiger partial charge in [0.2, 0.25) is 0 Å². The summed E-state index contributed by atoms with van der Waals surface area (Å²) in [6.45, 7) is 4.36. The quantitative estimate of drug-likeness (QED) is 0.850. The molecule has 0 aromatic heterocycles. The Morgan fingerprint density at radius 2 is 1.76 bits per heavy atom. The van der Waals surface area contributed by atoms with E-state index in [0.717, 1.165) is 28.8 Å². The van der Waals surface area contributed by atoms with Gasteiger partial charge in [0.25, 0.3) is 0 Å². The number of ether oxygens (including phenoxy) is 2. The van der Waals surface area contributed by atoms with Gasteiger partial charge in [0, 0.05) is 15.6 Å². The topological polar surface area (TPSA) is 44.5 Å². The van der Waals surface area contributed by atoms with Crippen LogP contribution < -0.4 is 15.2 Å². The van der Waals surface area contributed by atoms with E-state index in [-0.39, 0.29) is 5.54 Å². The summed E-state index contributed by atoms with van der Waals surface area (Å²) in [7, 11) is 3.37. The number of nitrogens with two attached hydrogens (primary N) is 1. The molecular weight excluding hydrogens is 330 g/mol. The second-order valence-electron chi connectivity index (χ2n) is 6.25. The standard InChI is InChI=1S/C17H26BrNO2/c1-11(2)14-15(17(19)8-6-5-7-9-17)12(18)10-13(20-3)16(14)21-4/h10-11H,5-9,19H2,1-4H3. The van der Waals surface area contributed by atoms with E-state index < -0.39 is 0 Å². The number of hydrogen-bond donors (Lipinski definition) is 1. The van der Waals surface area contributed by atoms with Gasteiger partial charge in [0.1, 0.15) is 0 Å². The van der Waals surface area contributed by atoms with E-state index in [4.69, 9.17) is 15.2 Å². The highest BCUT2D eigenvalue weighted by molar-refractivity contribution is 9.10. The fourth-order valence-corrected chi connectivity index (χ4v) is 4.30. The van der Waals surface area contributed by atoms with Gasteiger partial charge in [-0.2, -0.15) is 0 Å². The summed E-state index contributed by atoms with van der Waals surface area (Å²) in [5.41, 5.74) is 8.92. The van der Waals surface area contributed by atoms with Crippen molar-refractivity contribution in [1.29, 1.82) is 0 Å². The Morgan fingerprint density at radius 3 is 2.24 bits per heavy atom. The van der Waals surface area contributed by atoms with Crippen molar-refractivity contribution >= 4 is 15.9 Å². The SMILES string of the molecule is COc1cc(Br)c(C2(N)CCCCC2)c(C(C)C)c1OC. The third kappa shape index (κ3) is 3.07. The van der Waals surface area contributed by atoms with Crippen LogP contribution in [-0.2, 0) is 5.54 Å². The third-order valence-electron chi connectivity index (χ3n) is 4.48. The van der Waals surface area contributed by atoms with Gasteiger partial charge in [0.05, 0.1) is 14.2 Å². The monoisotopic (exact) mass is 355 g/mol. The van der Waals surface area contributed by atoms with E-state index in [1.807, 2.05) is 6.07 Å². The lowest BCUT2D eigenvalue weighted by Crippen LogP contribution is -2.40. The maximum Gasteiger partial charge on any atom is 0.164 e. The summed E-state index contributed by atoms with van der Waals surface area (Å²) in [5.74, 6) is 1.90. The lowest BCUT2D eigenvalue weighted by molar-refractivity contribution is 0.293. The highest BCUT2D eigenvalue weighted by Gasteiger charge is 2.36. The Morgan fingerprint density at radius 1 is 1.14 bits per heavy atom. The van der Waals surface area contributed by atoms with E-state index in [0.29, 0.717) is 5.92 Å². The maximum atomic E-state index is 6.81. The van der Waals surface area contributed by atoms with E-state index in [1.165, 1.54) is 30.4 Å². The van der Waals surface area contributed by atoms with Crippen molar-refractivity contribution in [3.63, 3.8) is 0 Å². The molecule has 0 aliphatic heterocycles. The van der Waals surface area contributed by atoms with Crippen LogP contribution in [0.15, 0.2) is 10.5 Å². The molecule has 1 aliphatic rings. The minimum absolute atomic E-state index is 0.268. The van der Waals surface area contributed by atoms with Gasteiger partial charge in [-0.15, -0.1) is 0 Å². The molecule has 118 valence electrons. The molecule has 2 rings (SSSR count). The van der Waals surface area contributed by atoms with Crippen LogP contribution in [0.2, 0.25) is 0 Å². The lowest BCUT2D eigenvalue weighted by atomic mass is 9.74. The highest BCUT2D eigenvalue weighted by Crippen LogP contribution is 2.48. The van der Waals surface area contributed by atoms with Gasteiger partial charge in [-0.25, -0.2) is 0 Å². The van der Waals surface area contributed by atoms with E-state index in [1.54, 1.807) is 14.2 Å². The molecule has 1 aliphatic carbocycles. The normalized spacial score (nSPS) is 17.9. The second kappa shape index (κ2) is 6.57. The molecular formula is C17H26BrNO2. The zero-order valence-corrected chi connectivity index (χ0v) is 15.0. The van der Waals surface area contributed by atoms with Crippen molar-refractivity contribution in [1.82, 2.24) is 0 Å². The van der Waals surface area contributed by atoms with E-state index in [9.17, 15) is 0 Å². The summed E-state index contributed by atoms with van der Waals surface area (Å²) in [4.78, 5) is 0. The molecule has 4 heteroatoms. The first kappa shape index (κ1) is 16.6. The number of halogens is 1. The minimum atomic E-state index is -0.268. The maximum absolute atomic E-state index is 6.81. The number of benzene rings is 1. The van der Waals surface area contributed by atoms with Gasteiger partial charge in [-0.3, -0.25) is 0 Å². The predicted molar refractivity (Wildman–Crippen MR) is 90.3 cm³/mol. The molecule has 0 unspecified atom stereocenters. The molecule has 0 radical (unpaired) electrons. The zero-order valence-electron chi connectivity index (χ0n) is 13.5. The van der Waals surface area contributed by atoms with Gasteiger partial charge < -0.3 is 15.2 Å². The van der Waals surface area contributed by atoms with Crippen molar-refractivity contribution in [2.45, 2.75) is 57.4 Å². The lowest BCUT2D eigenvalue weighted by Gasteiger charge is -2.37. The van der Waals surface area contributed by atoms with Crippen LogP contribution in [0, 0.1) is 0 Å².